The standard InChI is InChI=1S/C25H30N2O4/c1-17-21(26-25(31-17)20-11-8-13-23(29-3)24(20)30-4)16-27-14-6-5-12-22(27)18-9-7-10-19(15-18)28-2/h7-11,13,15,22H,5-6,12,14,16H2,1-4H3. The van der Waals surface area contributed by atoms with Gasteiger partial charge in [-0.05, 0) is 56.1 Å². The Labute approximate surface area is 183 Å². The van der Waals surface area contributed by atoms with E-state index >= 15 is 0 Å². The molecule has 4 rings (SSSR count). The highest BCUT2D eigenvalue weighted by Crippen LogP contribution is 2.39. The van der Waals surface area contributed by atoms with Gasteiger partial charge in [0.05, 0.1) is 32.6 Å². The molecule has 1 aromatic heterocycles. The zero-order chi connectivity index (χ0) is 21.8. The van der Waals surface area contributed by atoms with Crippen molar-refractivity contribution < 1.29 is 18.6 Å². The Balaban J connectivity index is 1.61. The zero-order valence-corrected chi connectivity index (χ0v) is 18.7. The first kappa shape index (κ1) is 21.2. The average molecular weight is 423 g/mol. The molecule has 2 heterocycles. The van der Waals surface area contributed by atoms with Gasteiger partial charge in [-0.15, -0.1) is 0 Å². The molecule has 0 spiro atoms. The van der Waals surface area contributed by atoms with Gasteiger partial charge in [0.25, 0.3) is 0 Å². The number of nitrogens with zero attached hydrogens (tertiary/aromatic N) is 2. The molecule has 3 aromatic rings. The smallest absolute Gasteiger partial charge is 0.230 e. The number of hydrogen-bond donors (Lipinski definition) is 0. The number of piperidine rings is 1. The maximum atomic E-state index is 6.07. The molecule has 31 heavy (non-hydrogen) atoms. The second-order valence-corrected chi connectivity index (χ2v) is 7.82. The van der Waals surface area contributed by atoms with E-state index in [9.17, 15) is 0 Å². The van der Waals surface area contributed by atoms with E-state index < -0.39 is 0 Å². The van der Waals surface area contributed by atoms with Crippen LogP contribution in [0.1, 0.15) is 42.3 Å². The Morgan fingerprint density at radius 3 is 2.65 bits per heavy atom. The first-order valence-corrected chi connectivity index (χ1v) is 10.7. The van der Waals surface area contributed by atoms with Gasteiger partial charge in [0.15, 0.2) is 11.5 Å². The van der Waals surface area contributed by atoms with Crippen molar-refractivity contribution in [1.29, 1.82) is 0 Å². The maximum Gasteiger partial charge on any atom is 0.230 e. The summed E-state index contributed by atoms with van der Waals surface area (Å²) < 4.78 is 22.5. The fourth-order valence-corrected chi connectivity index (χ4v) is 4.34. The van der Waals surface area contributed by atoms with Gasteiger partial charge in [-0.3, -0.25) is 4.90 Å². The number of methoxy groups -OCH3 is 3. The second kappa shape index (κ2) is 9.43. The number of rotatable bonds is 7. The van der Waals surface area contributed by atoms with Crippen molar-refractivity contribution in [3.05, 3.63) is 59.5 Å². The largest absolute Gasteiger partial charge is 0.497 e. The van der Waals surface area contributed by atoms with Crippen molar-refractivity contribution in [2.75, 3.05) is 27.9 Å². The average Bonchev–Trinajstić information content (AvgIpc) is 3.18. The van der Waals surface area contributed by atoms with Gasteiger partial charge in [-0.1, -0.05) is 24.6 Å². The van der Waals surface area contributed by atoms with Crippen LogP contribution in [0.5, 0.6) is 17.2 Å². The molecule has 1 unspecified atom stereocenters. The lowest BCUT2D eigenvalue weighted by molar-refractivity contribution is 0.138. The molecule has 1 aliphatic heterocycles. The molecule has 0 aliphatic carbocycles. The third-order valence-corrected chi connectivity index (χ3v) is 5.97. The molecule has 164 valence electrons. The molecule has 0 amide bonds. The molecule has 1 atom stereocenters. The van der Waals surface area contributed by atoms with Gasteiger partial charge in [-0.2, -0.15) is 0 Å². The van der Waals surface area contributed by atoms with Crippen LogP contribution in [0.2, 0.25) is 0 Å². The number of hydrogen-bond acceptors (Lipinski definition) is 6. The quantitative estimate of drug-likeness (QED) is 0.508. The third-order valence-electron chi connectivity index (χ3n) is 5.97. The van der Waals surface area contributed by atoms with Gasteiger partial charge >= 0.3 is 0 Å². The second-order valence-electron chi connectivity index (χ2n) is 7.82. The van der Waals surface area contributed by atoms with Crippen molar-refractivity contribution in [3.8, 4) is 28.7 Å². The van der Waals surface area contributed by atoms with Gasteiger partial charge in [0.1, 0.15) is 11.5 Å². The van der Waals surface area contributed by atoms with E-state index in [1.54, 1.807) is 21.3 Å². The van der Waals surface area contributed by atoms with E-state index in [2.05, 4.69) is 23.1 Å². The summed E-state index contributed by atoms with van der Waals surface area (Å²) in [6.07, 6.45) is 3.54. The first-order chi connectivity index (χ1) is 15.1. The van der Waals surface area contributed by atoms with Crippen molar-refractivity contribution in [3.63, 3.8) is 0 Å². The Hall–Kier alpha value is -2.99. The van der Waals surface area contributed by atoms with Crippen LogP contribution in [0.3, 0.4) is 0 Å². The van der Waals surface area contributed by atoms with Crippen LogP contribution in [-0.4, -0.2) is 37.8 Å². The highest BCUT2D eigenvalue weighted by atomic mass is 16.5. The minimum absolute atomic E-state index is 0.342. The lowest BCUT2D eigenvalue weighted by Gasteiger charge is -2.35. The molecule has 1 aliphatic rings. The lowest BCUT2D eigenvalue weighted by Crippen LogP contribution is -2.33. The van der Waals surface area contributed by atoms with Crippen LogP contribution >= 0.6 is 0 Å². The topological polar surface area (TPSA) is 57.0 Å². The Morgan fingerprint density at radius 2 is 1.87 bits per heavy atom. The van der Waals surface area contributed by atoms with E-state index in [1.165, 1.54) is 18.4 Å². The highest BCUT2D eigenvalue weighted by molar-refractivity contribution is 5.68. The number of likely N-dealkylation sites (tertiary alicyclic amines) is 1. The molecule has 0 N–H and O–H groups in total. The molecule has 2 aromatic carbocycles. The summed E-state index contributed by atoms with van der Waals surface area (Å²) in [4.78, 5) is 7.35. The zero-order valence-electron chi connectivity index (χ0n) is 18.7. The molecule has 1 saturated heterocycles. The number of ether oxygens (including phenoxy) is 3. The number of aromatic nitrogens is 1. The van der Waals surface area contributed by atoms with E-state index in [1.807, 2.05) is 31.2 Å². The van der Waals surface area contributed by atoms with E-state index in [-0.39, 0.29) is 0 Å². The summed E-state index contributed by atoms with van der Waals surface area (Å²) in [6, 6.07) is 14.5. The van der Waals surface area contributed by atoms with Gasteiger partial charge in [-0.25, -0.2) is 4.98 Å². The van der Waals surface area contributed by atoms with Crippen molar-refractivity contribution in [2.45, 2.75) is 38.8 Å². The summed E-state index contributed by atoms with van der Waals surface area (Å²) in [5.74, 6) is 3.57. The van der Waals surface area contributed by atoms with E-state index in [0.717, 1.165) is 42.3 Å². The van der Waals surface area contributed by atoms with E-state index in [0.29, 0.717) is 23.4 Å². The fourth-order valence-electron chi connectivity index (χ4n) is 4.34. The van der Waals surface area contributed by atoms with Crippen LogP contribution in [0.15, 0.2) is 46.9 Å². The minimum atomic E-state index is 0.342. The molecule has 6 heteroatoms. The third kappa shape index (κ3) is 4.39. The molecule has 6 nitrogen and oxygen atoms in total. The van der Waals surface area contributed by atoms with Gasteiger partial charge < -0.3 is 18.6 Å². The molecular weight excluding hydrogens is 392 g/mol. The van der Waals surface area contributed by atoms with E-state index in [4.69, 9.17) is 23.6 Å². The number of aryl methyl sites for hydroxylation is 1. The van der Waals surface area contributed by atoms with Crippen LogP contribution in [0, 0.1) is 6.92 Å². The van der Waals surface area contributed by atoms with Crippen LogP contribution < -0.4 is 14.2 Å². The monoisotopic (exact) mass is 422 g/mol. The van der Waals surface area contributed by atoms with Crippen LogP contribution in [-0.2, 0) is 6.54 Å². The summed E-state index contributed by atoms with van der Waals surface area (Å²) in [5.41, 5.74) is 3.03. The molecule has 1 fully saturated rings. The number of benzene rings is 2. The summed E-state index contributed by atoms with van der Waals surface area (Å²) in [7, 11) is 4.97. The maximum absolute atomic E-state index is 6.07. The fraction of sp³-hybridized carbons (Fsp3) is 0.400. The number of para-hydroxylation sites is 1. The van der Waals surface area contributed by atoms with Crippen molar-refractivity contribution in [2.24, 2.45) is 0 Å². The number of oxazole rings is 1. The summed E-state index contributed by atoms with van der Waals surface area (Å²) >= 11 is 0. The molecule has 0 radical (unpaired) electrons. The predicted octanol–water partition coefficient (Wildman–Crippen LogP) is 5.40. The molecular formula is C25H30N2O4. The molecule has 0 saturated carbocycles. The first-order valence-electron chi connectivity index (χ1n) is 10.7. The highest BCUT2D eigenvalue weighted by Gasteiger charge is 2.27. The minimum Gasteiger partial charge on any atom is -0.497 e. The Bertz CT molecular complexity index is 1030. The Morgan fingerprint density at radius 1 is 1.03 bits per heavy atom. The Kier molecular flexibility index (Phi) is 6.47. The van der Waals surface area contributed by atoms with Crippen LogP contribution in [0.4, 0.5) is 0 Å². The van der Waals surface area contributed by atoms with Gasteiger partial charge in [0, 0.05) is 12.6 Å². The predicted molar refractivity (Wildman–Crippen MR) is 120 cm³/mol. The lowest BCUT2D eigenvalue weighted by atomic mass is 9.95. The van der Waals surface area contributed by atoms with Crippen molar-refractivity contribution >= 4 is 0 Å². The van der Waals surface area contributed by atoms with Gasteiger partial charge in [0.2, 0.25) is 5.89 Å². The summed E-state index contributed by atoms with van der Waals surface area (Å²) in [6.45, 7) is 3.75. The van der Waals surface area contributed by atoms with Crippen molar-refractivity contribution in [1.82, 2.24) is 9.88 Å². The summed E-state index contributed by atoms with van der Waals surface area (Å²) in [5, 5.41) is 0. The molecule has 0 bridgehead atoms. The van der Waals surface area contributed by atoms with Crippen LogP contribution in [0.25, 0.3) is 11.5 Å². The normalized spacial score (nSPS) is 16.8. The SMILES string of the molecule is COc1cccc(C2CCCCN2Cc2nc(-c3cccc(OC)c3OC)oc2C)c1.